The van der Waals surface area contributed by atoms with Gasteiger partial charge in [-0.15, -0.1) is 0 Å². The molecule has 3 aromatic carbocycles. The SMILES string of the molecule is CN(C(=O)C(C)(C)NC(=O)OCC1c2ccccc2-c2ccccc21)c1ccccc1C(=O)O. The quantitative estimate of drug-likeness (QED) is 0.560. The molecule has 0 aliphatic heterocycles. The summed E-state index contributed by atoms with van der Waals surface area (Å²) in [6, 6.07) is 22.3. The van der Waals surface area contributed by atoms with E-state index in [1.807, 2.05) is 36.4 Å². The Bertz CT molecular complexity index is 1220. The largest absolute Gasteiger partial charge is 0.478 e. The number of fused-ring (bicyclic) bond motifs is 3. The fourth-order valence-electron chi connectivity index (χ4n) is 4.42. The molecule has 0 heterocycles. The van der Waals surface area contributed by atoms with Crippen molar-refractivity contribution in [1.82, 2.24) is 5.32 Å². The zero-order valence-corrected chi connectivity index (χ0v) is 19.2. The number of alkyl carbamates (subject to hydrolysis) is 1. The third kappa shape index (κ3) is 4.24. The number of benzene rings is 3. The van der Waals surface area contributed by atoms with Crippen LogP contribution in [0.5, 0.6) is 0 Å². The second kappa shape index (κ2) is 9.02. The number of anilines is 1. The van der Waals surface area contributed by atoms with E-state index in [0.29, 0.717) is 0 Å². The van der Waals surface area contributed by atoms with Crippen LogP contribution < -0.4 is 10.2 Å². The van der Waals surface area contributed by atoms with E-state index in [-0.39, 0.29) is 23.8 Å². The zero-order chi connectivity index (χ0) is 24.5. The Morgan fingerprint density at radius 1 is 0.912 bits per heavy atom. The molecular weight excluding hydrogens is 432 g/mol. The zero-order valence-electron chi connectivity index (χ0n) is 19.2. The number of likely N-dealkylation sites (N-methyl/N-ethyl adjacent to an activating group) is 1. The van der Waals surface area contributed by atoms with Crippen LogP contribution in [0.1, 0.15) is 41.3 Å². The van der Waals surface area contributed by atoms with Gasteiger partial charge in [-0.1, -0.05) is 60.7 Å². The number of carboxylic acids is 1. The number of nitrogens with zero attached hydrogens (tertiary/aromatic N) is 1. The van der Waals surface area contributed by atoms with E-state index < -0.39 is 23.5 Å². The molecule has 0 unspecified atom stereocenters. The molecule has 0 radical (unpaired) electrons. The Morgan fingerprint density at radius 2 is 1.44 bits per heavy atom. The van der Waals surface area contributed by atoms with Crippen LogP contribution in [-0.2, 0) is 9.53 Å². The van der Waals surface area contributed by atoms with Gasteiger partial charge in [0.2, 0.25) is 0 Å². The molecular formula is C27H26N2O5. The predicted molar refractivity (Wildman–Crippen MR) is 129 cm³/mol. The highest BCUT2D eigenvalue weighted by Gasteiger charge is 2.35. The smallest absolute Gasteiger partial charge is 0.408 e. The molecule has 7 nitrogen and oxygen atoms in total. The lowest BCUT2D eigenvalue weighted by Gasteiger charge is -2.30. The first kappa shape index (κ1) is 23.0. The molecule has 1 aliphatic rings. The molecule has 2 N–H and O–H groups in total. The van der Waals surface area contributed by atoms with Crippen LogP contribution >= 0.6 is 0 Å². The van der Waals surface area contributed by atoms with E-state index >= 15 is 0 Å². The first-order valence-corrected chi connectivity index (χ1v) is 10.9. The summed E-state index contributed by atoms with van der Waals surface area (Å²) in [7, 11) is 1.48. The monoisotopic (exact) mass is 458 g/mol. The average molecular weight is 459 g/mol. The summed E-state index contributed by atoms with van der Waals surface area (Å²) in [6.07, 6.45) is -0.722. The van der Waals surface area contributed by atoms with Gasteiger partial charge >= 0.3 is 12.1 Å². The minimum Gasteiger partial charge on any atom is -0.478 e. The lowest BCUT2D eigenvalue weighted by Crippen LogP contribution is -2.55. The van der Waals surface area contributed by atoms with E-state index in [1.165, 1.54) is 18.0 Å². The number of hydrogen-bond donors (Lipinski definition) is 2. The summed E-state index contributed by atoms with van der Waals surface area (Å²) >= 11 is 0. The van der Waals surface area contributed by atoms with Gasteiger partial charge in [-0.05, 0) is 48.2 Å². The van der Waals surface area contributed by atoms with Crippen LogP contribution in [-0.4, -0.2) is 42.3 Å². The molecule has 0 saturated carbocycles. The summed E-state index contributed by atoms with van der Waals surface area (Å²) in [5.41, 5.74) is 3.34. The second-order valence-corrected chi connectivity index (χ2v) is 8.76. The molecule has 0 aromatic heterocycles. The molecule has 34 heavy (non-hydrogen) atoms. The van der Waals surface area contributed by atoms with Gasteiger partial charge in [0.1, 0.15) is 12.1 Å². The van der Waals surface area contributed by atoms with Gasteiger partial charge in [0.05, 0.1) is 11.3 Å². The standard InChI is InChI=1S/C27H26N2O5/c1-27(2,25(32)29(3)23-15-9-8-14-21(23)24(30)31)28-26(33)34-16-22-19-12-6-4-10-17(19)18-11-5-7-13-20(18)22/h4-15,22H,16H2,1-3H3,(H,28,33)(H,30,31). The van der Waals surface area contributed by atoms with Crippen LogP contribution in [0.25, 0.3) is 11.1 Å². The van der Waals surface area contributed by atoms with Crippen molar-refractivity contribution in [3.05, 3.63) is 89.5 Å². The van der Waals surface area contributed by atoms with Crippen molar-refractivity contribution < 1.29 is 24.2 Å². The van der Waals surface area contributed by atoms with Crippen molar-refractivity contribution in [2.45, 2.75) is 25.3 Å². The second-order valence-electron chi connectivity index (χ2n) is 8.76. The van der Waals surface area contributed by atoms with Gasteiger partial charge in [-0.3, -0.25) is 4.79 Å². The maximum atomic E-state index is 13.1. The molecule has 0 spiro atoms. The fourth-order valence-corrected chi connectivity index (χ4v) is 4.42. The lowest BCUT2D eigenvalue weighted by molar-refractivity contribution is -0.123. The summed E-state index contributed by atoms with van der Waals surface area (Å²) in [4.78, 5) is 38.6. The van der Waals surface area contributed by atoms with Gasteiger partial charge in [-0.2, -0.15) is 0 Å². The first-order valence-electron chi connectivity index (χ1n) is 10.9. The van der Waals surface area contributed by atoms with E-state index in [4.69, 9.17) is 4.74 Å². The Kier molecular flexibility index (Phi) is 6.11. The summed E-state index contributed by atoms with van der Waals surface area (Å²) in [6.45, 7) is 3.23. The van der Waals surface area contributed by atoms with Crippen LogP contribution in [0.4, 0.5) is 10.5 Å². The highest BCUT2D eigenvalue weighted by molar-refractivity contribution is 6.05. The van der Waals surface area contributed by atoms with Gasteiger partial charge in [0, 0.05) is 13.0 Å². The van der Waals surface area contributed by atoms with Crippen molar-refractivity contribution in [2.24, 2.45) is 0 Å². The van der Waals surface area contributed by atoms with E-state index in [9.17, 15) is 19.5 Å². The molecule has 7 heteroatoms. The van der Waals surface area contributed by atoms with E-state index in [1.54, 1.807) is 32.0 Å². The van der Waals surface area contributed by atoms with Gasteiger partial charge in [0.15, 0.2) is 0 Å². The fraction of sp³-hybridized carbons (Fsp3) is 0.222. The molecule has 0 bridgehead atoms. The van der Waals surface area contributed by atoms with E-state index in [2.05, 4.69) is 17.4 Å². The summed E-state index contributed by atoms with van der Waals surface area (Å²) in [5.74, 6) is -1.71. The van der Waals surface area contributed by atoms with Crippen LogP contribution in [0.2, 0.25) is 0 Å². The topological polar surface area (TPSA) is 95.9 Å². The Hall–Kier alpha value is -4.13. The molecule has 0 fully saturated rings. The Labute approximate surface area is 198 Å². The van der Waals surface area contributed by atoms with Crippen molar-refractivity contribution in [2.75, 3.05) is 18.6 Å². The molecule has 0 saturated heterocycles. The summed E-state index contributed by atoms with van der Waals surface area (Å²) in [5, 5.41) is 12.1. The number of amides is 2. The number of ether oxygens (including phenoxy) is 1. The van der Waals surface area contributed by atoms with Crippen molar-refractivity contribution in [1.29, 1.82) is 0 Å². The van der Waals surface area contributed by atoms with Gasteiger partial charge in [-0.25, -0.2) is 9.59 Å². The molecule has 174 valence electrons. The van der Waals surface area contributed by atoms with Crippen molar-refractivity contribution >= 4 is 23.7 Å². The number of carboxylic acid groups (broad SMARTS) is 1. The highest BCUT2D eigenvalue weighted by Crippen LogP contribution is 2.44. The molecule has 1 aliphatic carbocycles. The summed E-state index contributed by atoms with van der Waals surface area (Å²) < 4.78 is 5.56. The van der Waals surface area contributed by atoms with Gasteiger partial charge in [0.25, 0.3) is 5.91 Å². The van der Waals surface area contributed by atoms with E-state index in [0.717, 1.165) is 22.3 Å². The van der Waals surface area contributed by atoms with Crippen LogP contribution in [0.3, 0.4) is 0 Å². The van der Waals surface area contributed by atoms with Crippen LogP contribution in [0, 0.1) is 0 Å². The maximum absolute atomic E-state index is 13.1. The molecule has 3 aromatic rings. The van der Waals surface area contributed by atoms with Gasteiger partial charge < -0.3 is 20.1 Å². The van der Waals surface area contributed by atoms with Crippen molar-refractivity contribution in [3.63, 3.8) is 0 Å². The number of carbonyl (C=O) groups is 3. The molecule has 4 rings (SSSR count). The Balaban J connectivity index is 1.45. The number of aromatic carboxylic acids is 1. The van der Waals surface area contributed by atoms with Crippen LogP contribution in [0.15, 0.2) is 72.8 Å². The van der Waals surface area contributed by atoms with Crippen molar-refractivity contribution in [3.8, 4) is 11.1 Å². The first-order chi connectivity index (χ1) is 16.2. The normalized spacial score (nSPS) is 12.4. The minimum absolute atomic E-state index is 0.00436. The average Bonchev–Trinajstić information content (AvgIpc) is 3.15. The number of carbonyl (C=O) groups excluding carboxylic acids is 2. The molecule has 2 amide bonds. The third-order valence-electron chi connectivity index (χ3n) is 6.09. The third-order valence-corrected chi connectivity index (χ3v) is 6.09. The maximum Gasteiger partial charge on any atom is 0.408 e. The number of para-hydroxylation sites is 1. The number of hydrogen-bond acceptors (Lipinski definition) is 4. The number of nitrogens with one attached hydrogen (secondary N) is 1. The molecule has 0 atom stereocenters. The lowest BCUT2D eigenvalue weighted by atomic mass is 9.98. The highest BCUT2D eigenvalue weighted by atomic mass is 16.5. The number of rotatable bonds is 6. The minimum atomic E-state index is -1.33. The predicted octanol–water partition coefficient (Wildman–Crippen LogP) is 4.66. The Morgan fingerprint density at radius 3 is 2.03 bits per heavy atom.